The summed E-state index contributed by atoms with van der Waals surface area (Å²) >= 11 is 0. The summed E-state index contributed by atoms with van der Waals surface area (Å²) in [6.07, 6.45) is 4.43. The molecule has 19 heavy (non-hydrogen) atoms. The van der Waals surface area contributed by atoms with Gasteiger partial charge in [-0.15, -0.1) is 0 Å². The summed E-state index contributed by atoms with van der Waals surface area (Å²) in [5.74, 6) is 1.80. The summed E-state index contributed by atoms with van der Waals surface area (Å²) in [6.45, 7) is 2.51. The summed E-state index contributed by atoms with van der Waals surface area (Å²) in [7, 11) is 0. The van der Waals surface area contributed by atoms with Gasteiger partial charge in [0.15, 0.2) is 6.19 Å². The van der Waals surface area contributed by atoms with Crippen LogP contribution >= 0.6 is 0 Å². The number of nitrogens with zero attached hydrogens (tertiary/aromatic N) is 4. The SMILES string of the molecule is Cc1nc(NC#N)cc(NCCc2ccccn2)n1. The van der Waals surface area contributed by atoms with Crippen LogP contribution in [0.15, 0.2) is 30.5 Å². The average Bonchev–Trinajstić information content (AvgIpc) is 2.40. The Morgan fingerprint density at radius 3 is 2.84 bits per heavy atom. The lowest BCUT2D eigenvalue weighted by Crippen LogP contribution is -2.09. The first-order chi connectivity index (χ1) is 9.28. The Bertz CT molecular complexity index is 575. The van der Waals surface area contributed by atoms with Gasteiger partial charge in [-0.05, 0) is 19.1 Å². The van der Waals surface area contributed by atoms with Crippen LogP contribution in [0.4, 0.5) is 11.6 Å². The predicted molar refractivity (Wildman–Crippen MR) is 72.4 cm³/mol. The fourth-order valence-electron chi connectivity index (χ4n) is 1.64. The van der Waals surface area contributed by atoms with Gasteiger partial charge in [0.25, 0.3) is 0 Å². The van der Waals surface area contributed by atoms with Crippen LogP contribution < -0.4 is 10.6 Å². The molecule has 2 rings (SSSR count). The Morgan fingerprint density at radius 2 is 2.11 bits per heavy atom. The van der Waals surface area contributed by atoms with E-state index < -0.39 is 0 Å². The van der Waals surface area contributed by atoms with Crippen molar-refractivity contribution in [2.45, 2.75) is 13.3 Å². The molecule has 0 aliphatic heterocycles. The van der Waals surface area contributed by atoms with E-state index in [1.807, 2.05) is 24.4 Å². The number of hydrogen-bond donors (Lipinski definition) is 2. The first-order valence-corrected chi connectivity index (χ1v) is 5.92. The Morgan fingerprint density at radius 1 is 1.26 bits per heavy atom. The fraction of sp³-hybridized carbons (Fsp3) is 0.231. The lowest BCUT2D eigenvalue weighted by Gasteiger charge is -2.07. The molecule has 0 saturated carbocycles. The molecule has 2 N–H and O–H groups in total. The number of anilines is 2. The Labute approximate surface area is 111 Å². The van der Waals surface area contributed by atoms with Gasteiger partial charge in [-0.2, -0.15) is 5.26 Å². The first-order valence-electron chi connectivity index (χ1n) is 5.92. The average molecular weight is 254 g/mol. The van der Waals surface area contributed by atoms with Gasteiger partial charge in [0.1, 0.15) is 17.5 Å². The van der Waals surface area contributed by atoms with Crippen LogP contribution in [-0.4, -0.2) is 21.5 Å². The molecule has 0 fully saturated rings. The number of aromatic nitrogens is 3. The van der Waals surface area contributed by atoms with Crippen molar-refractivity contribution in [2.75, 3.05) is 17.2 Å². The van der Waals surface area contributed by atoms with Crippen LogP contribution in [0.1, 0.15) is 11.5 Å². The highest BCUT2D eigenvalue weighted by Gasteiger charge is 2.01. The molecule has 0 aliphatic carbocycles. The maximum absolute atomic E-state index is 8.58. The van der Waals surface area contributed by atoms with Crippen molar-refractivity contribution in [3.63, 3.8) is 0 Å². The molecule has 0 unspecified atom stereocenters. The molecule has 2 heterocycles. The van der Waals surface area contributed by atoms with E-state index in [-0.39, 0.29) is 0 Å². The van der Waals surface area contributed by atoms with Gasteiger partial charge in [-0.25, -0.2) is 9.97 Å². The number of hydrogen-bond acceptors (Lipinski definition) is 6. The molecule has 0 spiro atoms. The smallest absolute Gasteiger partial charge is 0.182 e. The summed E-state index contributed by atoms with van der Waals surface area (Å²) in [4.78, 5) is 12.6. The van der Waals surface area contributed by atoms with Crippen molar-refractivity contribution in [1.29, 1.82) is 5.26 Å². The summed E-state index contributed by atoms with van der Waals surface area (Å²) < 4.78 is 0. The number of aryl methyl sites for hydroxylation is 1. The monoisotopic (exact) mass is 254 g/mol. The van der Waals surface area contributed by atoms with Gasteiger partial charge < -0.3 is 5.32 Å². The molecule has 2 aromatic heterocycles. The Kier molecular flexibility index (Phi) is 4.24. The van der Waals surface area contributed by atoms with Crippen LogP contribution in [0.5, 0.6) is 0 Å². The van der Waals surface area contributed by atoms with Gasteiger partial charge in [-0.3, -0.25) is 10.3 Å². The van der Waals surface area contributed by atoms with E-state index in [4.69, 9.17) is 5.26 Å². The van der Waals surface area contributed by atoms with E-state index in [0.29, 0.717) is 17.5 Å². The molecule has 0 amide bonds. The molecular weight excluding hydrogens is 240 g/mol. The van der Waals surface area contributed by atoms with Gasteiger partial charge in [0.2, 0.25) is 0 Å². The molecule has 96 valence electrons. The molecule has 0 aliphatic rings. The zero-order valence-corrected chi connectivity index (χ0v) is 10.6. The van der Waals surface area contributed by atoms with Crippen molar-refractivity contribution in [3.05, 3.63) is 42.0 Å². The largest absolute Gasteiger partial charge is 0.370 e. The summed E-state index contributed by atoms with van der Waals surface area (Å²) in [5, 5.41) is 14.3. The summed E-state index contributed by atoms with van der Waals surface area (Å²) in [6, 6.07) is 7.54. The van der Waals surface area contributed by atoms with Gasteiger partial charge in [0.05, 0.1) is 0 Å². The highest BCUT2D eigenvalue weighted by atomic mass is 15.1. The minimum atomic E-state index is 0.496. The first kappa shape index (κ1) is 12.8. The molecular formula is C13H14N6. The van der Waals surface area contributed by atoms with Crippen molar-refractivity contribution in [1.82, 2.24) is 15.0 Å². The quantitative estimate of drug-likeness (QED) is 0.624. The third kappa shape index (κ3) is 3.92. The van der Waals surface area contributed by atoms with Crippen molar-refractivity contribution in [3.8, 4) is 6.19 Å². The molecule has 2 aromatic rings. The van der Waals surface area contributed by atoms with E-state index >= 15 is 0 Å². The molecule has 0 atom stereocenters. The molecule has 6 nitrogen and oxygen atoms in total. The van der Waals surface area contributed by atoms with Crippen LogP contribution in [0.3, 0.4) is 0 Å². The third-order valence-corrected chi connectivity index (χ3v) is 2.44. The van der Waals surface area contributed by atoms with Crippen molar-refractivity contribution in [2.24, 2.45) is 0 Å². The highest BCUT2D eigenvalue weighted by molar-refractivity contribution is 5.49. The van der Waals surface area contributed by atoms with E-state index in [2.05, 4.69) is 25.6 Å². The van der Waals surface area contributed by atoms with Crippen LogP contribution in [0.25, 0.3) is 0 Å². The normalized spacial score (nSPS) is 9.68. The van der Waals surface area contributed by atoms with E-state index in [1.54, 1.807) is 19.2 Å². The topological polar surface area (TPSA) is 86.5 Å². The fourth-order valence-corrected chi connectivity index (χ4v) is 1.64. The Balaban J connectivity index is 1.94. The zero-order chi connectivity index (χ0) is 13.5. The lowest BCUT2D eigenvalue weighted by atomic mass is 10.3. The lowest BCUT2D eigenvalue weighted by molar-refractivity contribution is 0.944. The number of rotatable bonds is 5. The van der Waals surface area contributed by atoms with E-state index in [0.717, 1.165) is 18.7 Å². The molecule has 0 saturated heterocycles. The van der Waals surface area contributed by atoms with Crippen molar-refractivity contribution >= 4 is 11.6 Å². The predicted octanol–water partition coefficient (Wildman–Crippen LogP) is 1.73. The summed E-state index contributed by atoms with van der Waals surface area (Å²) in [5.41, 5.74) is 1.02. The number of nitriles is 1. The molecule has 6 heteroatoms. The zero-order valence-electron chi connectivity index (χ0n) is 10.6. The second kappa shape index (κ2) is 6.31. The van der Waals surface area contributed by atoms with Crippen LogP contribution in [0, 0.1) is 18.4 Å². The second-order valence-corrected chi connectivity index (χ2v) is 3.92. The standard InChI is InChI=1S/C13H14N6/c1-10-18-12(8-13(19-10)17-9-14)16-7-5-11-4-2-3-6-15-11/h2-4,6,8H,5,7H2,1H3,(H2,16,17,18,19). The van der Waals surface area contributed by atoms with Gasteiger partial charge in [-0.1, -0.05) is 6.07 Å². The maximum atomic E-state index is 8.58. The minimum absolute atomic E-state index is 0.496. The van der Waals surface area contributed by atoms with Crippen molar-refractivity contribution < 1.29 is 0 Å². The molecule has 0 bridgehead atoms. The molecule has 0 radical (unpaired) electrons. The third-order valence-electron chi connectivity index (χ3n) is 2.44. The minimum Gasteiger partial charge on any atom is -0.370 e. The van der Waals surface area contributed by atoms with Crippen LogP contribution in [-0.2, 0) is 6.42 Å². The van der Waals surface area contributed by atoms with Gasteiger partial charge in [0, 0.05) is 30.9 Å². The van der Waals surface area contributed by atoms with Crippen LogP contribution in [0.2, 0.25) is 0 Å². The number of nitrogens with one attached hydrogen (secondary N) is 2. The van der Waals surface area contributed by atoms with E-state index in [1.165, 1.54) is 0 Å². The molecule has 0 aromatic carbocycles. The van der Waals surface area contributed by atoms with Gasteiger partial charge >= 0.3 is 0 Å². The highest BCUT2D eigenvalue weighted by Crippen LogP contribution is 2.10. The maximum Gasteiger partial charge on any atom is 0.182 e. The number of pyridine rings is 1. The van der Waals surface area contributed by atoms with E-state index in [9.17, 15) is 0 Å². The Hall–Kier alpha value is -2.68. The second-order valence-electron chi connectivity index (χ2n) is 3.92.